The first-order valence-electron chi connectivity index (χ1n) is 8.32. The van der Waals surface area contributed by atoms with Gasteiger partial charge in [0, 0.05) is 24.5 Å². The van der Waals surface area contributed by atoms with Crippen molar-refractivity contribution in [3.05, 3.63) is 60.3 Å². The molecule has 0 aliphatic heterocycles. The van der Waals surface area contributed by atoms with Crippen LogP contribution in [0.25, 0.3) is 0 Å². The molecule has 0 radical (unpaired) electrons. The highest BCUT2D eigenvalue weighted by Crippen LogP contribution is 2.23. The number of nitrogens with one attached hydrogen (secondary N) is 1. The van der Waals surface area contributed by atoms with Crippen LogP contribution in [0.2, 0.25) is 0 Å². The number of ether oxygens (including phenoxy) is 1. The smallest absolute Gasteiger partial charge is 0.222 e. The van der Waals surface area contributed by atoms with E-state index in [9.17, 15) is 0 Å². The number of amidine groups is 1. The van der Waals surface area contributed by atoms with Gasteiger partial charge >= 0.3 is 0 Å². The first-order valence-corrected chi connectivity index (χ1v) is 8.32. The zero-order valence-electron chi connectivity index (χ0n) is 15.2. The molecular formula is C20H27N3O. The molecule has 0 amide bonds. The Morgan fingerprint density at radius 2 is 1.92 bits per heavy atom. The number of allylic oxidation sites excluding steroid dienone is 1. The molecule has 1 aromatic heterocycles. The minimum Gasteiger partial charge on any atom is -0.439 e. The largest absolute Gasteiger partial charge is 0.439 e. The van der Waals surface area contributed by atoms with E-state index < -0.39 is 0 Å². The Morgan fingerprint density at radius 1 is 1.21 bits per heavy atom. The summed E-state index contributed by atoms with van der Waals surface area (Å²) in [7, 11) is 1.77. The van der Waals surface area contributed by atoms with Gasteiger partial charge < -0.3 is 10.1 Å². The Hall–Kier alpha value is -2.62. The third-order valence-corrected chi connectivity index (χ3v) is 3.05. The molecule has 1 heterocycles. The molecule has 0 saturated carbocycles. The van der Waals surface area contributed by atoms with E-state index in [1.165, 1.54) is 0 Å². The molecule has 2 aromatic rings. The van der Waals surface area contributed by atoms with E-state index in [0.29, 0.717) is 5.88 Å². The summed E-state index contributed by atoms with van der Waals surface area (Å²) in [5.41, 5.74) is 1.97. The molecule has 0 fully saturated rings. The molecular weight excluding hydrogens is 298 g/mol. The summed E-state index contributed by atoms with van der Waals surface area (Å²) in [5.74, 6) is 2.22. The normalized spacial score (nSPS) is 11.0. The standard InChI is InChI=1S/C18H21N3O.C2H6/c1-4-5-8-17(19-3)21-15-9-11-16(12-10-15)22-18-14(2)7-6-13-20-18;1-2/h5-13H,4H2,1-3H3,(H,19,21);1-2H3/b8-5-;. The number of pyridine rings is 1. The van der Waals surface area contributed by atoms with Gasteiger partial charge in [0.2, 0.25) is 5.88 Å². The number of aromatic nitrogens is 1. The fourth-order valence-electron chi connectivity index (χ4n) is 1.85. The lowest BCUT2D eigenvalue weighted by molar-refractivity contribution is 0.459. The Kier molecular flexibility index (Phi) is 8.90. The van der Waals surface area contributed by atoms with Crippen molar-refractivity contribution in [3.8, 4) is 11.6 Å². The molecule has 2 rings (SSSR count). The van der Waals surface area contributed by atoms with Crippen LogP contribution in [0.15, 0.2) is 59.7 Å². The zero-order valence-corrected chi connectivity index (χ0v) is 15.2. The third-order valence-electron chi connectivity index (χ3n) is 3.05. The summed E-state index contributed by atoms with van der Waals surface area (Å²) in [4.78, 5) is 8.43. The van der Waals surface area contributed by atoms with E-state index in [1.54, 1.807) is 13.2 Å². The molecule has 24 heavy (non-hydrogen) atoms. The number of hydrogen-bond donors (Lipinski definition) is 1. The number of anilines is 1. The lowest BCUT2D eigenvalue weighted by Crippen LogP contribution is -2.08. The van der Waals surface area contributed by atoms with Crippen LogP contribution in [0, 0.1) is 6.92 Å². The van der Waals surface area contributed by atoms with Crippen LogP contribution in [0.4, 0.5) is 5.69 Å². The molecule has 0 bridgehead atoms. The van der Waals surface area contributed by atoms with Crippen molar-refractivity contribution >= 4 is 11.5 Å². The molecule has 0 aliphatic carbocycles. The lowest BCUT2D eigenvalue weighted by Gasteiger charge is -2.09. The molecule has 1 aromatic carbocycles. The highest BCUT2D eigenvalue weighted by atomic mass is 16.5. The summed E-state index contributed by atoms with van der Waals surface area (Å²) in [6.45, 7) is 8.07. The monoisotopic (exact) mass is 325 g/mol. The van der Waals surface area contributed by atoms with Crippen LogP contribution in [-0.2, 0) is 0 Å². The summed E-state index contributed by atoms with van der Waals surface area (Å²) in [5, 5.41) is 3.26. The van der Waals surface area contributed by atoms with Gasteiger partial charge in [-0.1, -0.05) is 32.9 Å². The molecule has 4 heteroatoms. The maximum Gasteiger partial charge on any atom is 0.222 e. The Labute approximate surface area is 145 Å². The highest BCUT2D eigenvalue weighted by Gasteiger charge is 2.02. The number of hydrogen-bond acceptors (Lipinski definition) is 3. The van der Waals surface area contributed by atoms with Crippen molar-refractivity contribution in [2.24, 2.45) is 4.99 Å². The van der Waals surface area contributed by atoms with Gasteiger partial charge in [0.15, 0.2) is 0 Å². The number of nitrogens with zero attached hydrogens (tertiary/aromatic N) is 2. The lowest BCUT2D eigenvalue weighted by atomic mass is 10.3. The van der Waals surface area contributed by atoms with E-state index >= 15 is 0 Å². The highest BCUT2D eigenvalue weighted by molar-refractivity contribution is 6.03. The van der Waals surface area contributed by atoms with Gasteiger partial charge in [-0.3, -0.25) is 4.99 Å². The molecule has 128 valence electrons. The first-order chi connectivity index (χ1) is 11.7. The van der Waals surface area contributed by atoms with Crippen LogP contribution < -0.4 is 10.1 Å². The van der Waals surface area contributed by atoms with Crippen molar-refractivity contribution in [1.29, 1.82) is 0 Å². The van der Waals surface area contributed by atoms with Crippen LogP contribution in [-0.4, -0.2) is 17.9 Å². The second kappa shape index (κ2) is 11.0. The molecule has 0 atom stereocenters. The predicted molar refractivity (Wildman–Crippen MR) is 103 cm³/mol. The Bertz CT molecular complexity index is 661. The minimum absolute atomic E-state index is 0.630. The van der Waals surface area contributed by atoms with E-state index in [2.05, 4.69) is 28.3 Å². The molecule has 0 saturated heterocycles. The van der Waals surface area contributed by atoms with Crippen molar-refractivity contribution in [2.75, 3.05) is 12.4 Å². The number of rotatable bonds is 5. The van der Waals surface area contributed by atoms with Crippen LogP contribution in [0.3, 0.4) is 0 Å². The van der Waals surface area contributed by atoms with Crippen molar-refractivity contribution in [3.63, 3.8) is 0 Å². The third kappa shape index (κ3) is 6.24. The van der Waals surface area contributed by atoms with Gasteiger partial charge in [0.05, 0.1) is 0 Å². The van der Waals surface area contributed by atoms with Crippen molar-refractivity contribution in [2.45, 2.75) is 34.1 Å². The van der Waals surface area contributed by atoms with Gasteiger partial charge in [-0.2, -0.15) is 0 Å². The Balaban J connectivity index is 0.00000139. The minimum atomic E-state index is 0.630. The average molecular weight is 325 g/mol. The van der Waals surface area contributed by atoms with E-state index in [1.807, 2.05) is 63.2 Å². The number of aryl methyl sites for hydroxylation is 1. The van der Waals surface area contributed by atoms with E-state index in [0.717, 1.165) is 29.3 Å². The van der Waals surface area contributed by atoms with Crippen molar-refractivity contribution < 1.29 is 4.74 Å². The second-order valence-electron chi connectivity index (χ2n) is 4.80. The van der Waals surface area contributed by atoms with Crippen LogP contribution in [0.1, 0.15) is 32.8 Å². The second-order valence-corrected chi connectivity index (χ2v) is 4.80. The van der Waals surface area contributed by atoms with E-state index in [-0.39, 0.29) is 0 Å². The summed E-state index contributed by atoms with van der Waals surface area (Å²) in [6.07, 6.45) is 6.75. The zero-order chi connectivity index (χ0) is 17.8. The summed E-state index contributed by atoms with van der Waals surface area (Å²) in [6, 6.07) is 11.6. The maximum absolute atomic E-state index is 5.78. The van der Waals surface area contributed by atoms with Gasteiger partial charge in [-0.25, -0.2) is 4.98 Å². The van der Waals surface area contributed by atoms with Gasteiger partial charge in [0.25, 0.3) is 0 Å². The fourth-order valence-corrected chi connectivity index (χ4v) is 1.85. The topological polar surface area (TPSA) is 46.5 Å². The summed E-state index contributed by atoms with van der Waals surface area (Å²) >= 11 is 0. The van der Waals surface area contributed by atoms with Gasteiger partial charge in [-0.05, 0) is 49.8 Å². The maximum atomic E-state index is 5.78. The molecule has 0 aliphatic rings. The molecule has 4 nitrogen and oxygen atoms in total. The van der Waals surface area contributed by atoms with Gasteiger partial charge in [-0.15, -0.1) is 0 Å². The van der Waals surface area contributed by atoms with Crippen LogP contribution >= 0.6 is 0 Å². The number of aliphatic imine (C=N–C) groups is 1. The van der Waals surface area contributed by atoms with E-state index in [4.69, 9.17) is 4.74 Å². The quantitative estimate of drug-likeness (QED) is 0.573. The molecule has 0 unspecified atom stereocenters. The Morgan fingerprint density at radius 3 is 2.50 bits per heavy atom. The fraction of sp³-hybridized carbons (Fsp3) is 0.300. The first kappa shape index (κ1) is 19.4. The molecule has 1 N–H and O–H groups in total. The number of benzene rings is 1. The predicted octanol–water partition coefficient (Wildman–Crippen LogP) is 5.61. The molecule has 0 spiro atoms. The SMILES string of the molecule is CC.CC/C=C\C(=NC)Nc1ccc(Oc2ncccc2C)cc1. The van der Waals surface area contributed by atoms with Crippen LogP contribution in [0.5, 0.6) is 11.6 Å². The van der Waals surface area contributed by atoms with Gasteiger partial charge in [0.1, 0.15) is 11.6 Å². The summed E-state index contributed by atoms with van der Waals surface area (Å²) < 4.78 is 5.78. The average Bonchev–Trinajstić information content (AvgIpc) is 2.63. The van der Waals surface area contributed by atoms with Crippen molar-refractivity contribution in [1.82, 2.24) is 4.98 Å².